The number of hydrogen-bond donors (Lipinski definition) is 2. The number of carbonyl (C=O) groups excluding carboxylic acids is 1. The number of benzene rings is 1. The van der Waals surface area contributed by atoms with Gasteiger partial charge in [-0.1, -0.05) is 6.07 Å². The number of nitrogens with zero attached hydrogens (tertiary/aromatic N) is 2. The van der Waals surface area contributed by atoms with Crippen LogP contribution in [0.2, 0.25) is 0 Å². The molecule has 0 bridgehead atoms. The van der Waals surface area contributed by atoms with Crippen LogP contribution in [-0.4, -0.2) is 22.9 Å². The standard InChI is InChI=1S/C13H13FN4O/c1-8-3-4-10(9(14)5-8)18-13(19)11-6-17-12(15-2)7-16-11/h3-7H,1-2H3,(H,15,17)(H,18,19). The SMILES string of the molecule is CNc1cnc(C(=O)Nc2ccc(C)cc2F)cn1. The highest BCUT2D eigenvalue weighted by Crippen LogP contribution is 2.16. The molecule has 2 aromatic rings. The van der Waals surface area contributed by atoms with Crippen LogP contribution in [0.25, 0.3) is 0 Å². The Morgan fingerprint density at radius 1 is 1.26 bits per heavy atom. The van der Waals surface area contributed by atoms with Crippen LogP contribution in [0.5, 0.6) is 0 Å². The zero-order chi connectivity index (χ0) is 13.8. The van der Waals surface area contributed by atoms with E-state index in [-0.39, 0.29) is 11.4 Å². The van der Waals surface area contributed by atoms with E-state index in [1.165, 1.54) is 24.5 Å². The molecule has 2 rings (SSSR count). The zero-order valence-corrected chi connectivity index (χ0v) is 10.6. The Hall–Kier alpha value is -2.50. The van der Waals surface area contributed by atoms with E-state index in [0.717, 1.165) is 5.56 Å². The van der Waals surface area contributed by atoms with Gasteiger partial charge in [0.2, 0.25) is 0 Å². The average molecular weight is 260 g/mol. The van der Waals surface area contributed by atoms with Gasteiger partial charge in [-0.05, 0) is 24.6 Å². The highest BCUT2D eigenvalue weighted by atomic mass is 19.1. The van der Waals surface area contributed by atoms with E-state index in [2.05, 4.69) is 20.6 Å². The number of anilines is 2. The third-order valence-corrected chi connectivity index (χ3v) is 2.51. The number of aryl methyl sites for hydroxylation is 1. The summed E-state index contributed by atoms with van der Waals surface area (Å²) >= 11 is 0. The zero-order valence-electron chi connectivity index (χ0n) is 10.6. The van der Waals surface area contributed by atoms with Gasteiger partial charge in [-0.15, -0.1) is 0 Å². The van der Waals surface area contributed by atoms with E-state index in [4.69, 9.17) is 0 Å². The maximum absolute atomic E-state index is 13.6. The quantitative estimate of drug-likeness (QED) is 0.888. The number of amides is 1. The highest BCUT2D eigenvalue weighted by molar-refractivity contribution is 6.02. The van der Waals surface area contributed by atoms with Crippen LogP contribution < -0.4 is 10.6 Å². The first-order chi connectivity index (χ1) is 9.10. The van der Waals surface area contributed by atoms with Gasteiger partial charge in [-0.3, -0.25) is 4.79 Å². The van der Waals surface area contributed by atoms with Gasteiger partial charge in [0.05, 0.1) is 18.1 Å². The second kappa shape index (κ2) is 5.43. The minimum Gasteiger partial charge on any atom is -0.372 e. The maximum atomic E-state index is 13.6. The number of aromatic nitrogens is 2. The number of halogens is 1. The van der Waals surface area contributed by atoms with Crippen molar-refractivity contribution in [3.05, 3.63) is 47.7 Å². The number of hydrogen-bond acceptors (Lipinski definition) is 4. The Morgan fingerprint density at radius 2 is 2.05 bits per heavy atom. The Morgan fingerprint density at radius 3 is 2.63 bits per heavy atom. The molecule has 0 unspecified atom stereocenters. The lowest BCUT2D eigenvalue weighted by molar-refractivity contribution is 0.102. The lowest BCUT2D eigenvalue weighted by Gasteiger charge is -2.06. The molecular formula is C13H13FN4O. The van der Waals surface area contributed by atoms with Gasteiger partial charge in [-0.2, -0.15) is 0 Å². The molecule has 0 saturated heterocycles. The normalized spacial score (nSPS) is 10.1. The van der Waals surface area contributed by atoms with E-state index in [0.29, 0.717) is 5.82 Å². The first-order valence-electron chi connectivity index (χ1n) is 5.67. The summed E-state index contributed by atoms with van der Waals surface area (Å²) in [5.74, 6) is -0.427. The molecule has 0 saturated carbocycles. The summed E-state index contributed by atoms with van der Waals surface area (Å²) in [7, 11) is 1.70. The van der Waals surface area contributed by atoms with Crippen LogP contribution in [0.4, 0.5) is 15.9 Å². The number of carbonyl (C=O) groups is 1. The van der Waals surface area contributed by atoms with E-state index in [1.807, 2.05) is 0 Å². The minimum absolute atomic E-state index is 0.120. The molecule has 0 aliphatic rings. The molecule has 0 atom stereocenters. The molecule has 0 radical (unpaired) electrons. The van der Waals surface area contributed by atoms with Gasteiger partial charge >= 0.3 is 0 Å². The second-order valence-electron chi connectivity index (χ2n) is 3.97. The molecule has 6 heteroatoms. The second-order valence-corrected chi connectivity index (χ2v) is 3.97. The summed E-state index contributed by atoms with van der Waals surface area (Å²) in [4.78, 5) is 19.8. The van der Waals surface area contributed by atoms with Crippen molar-refractivity contribution in [2.45, 2.75) is 6.92 Å². The fourth-order valence-corrected chi connectivity index (χ4v) is 1.48. The smallest absolute Gasteiger partial charge is 0.275 e. The number of nitrogens with one attached hydrogen (secondary N) is 2. The molecule has 1 amide bonds. The molecule has 19 heavy (non-hydrogen) atoms. The third kappa shape index (κ3) is 3.04. The summed E-state index contributed by atoms with van der Waals surface area (Å²) < 4.78 is 13.6. The molecular weight excluding hydrogens is 247 g/mol. The fraction of sp³-hybridized carbons (Fsp3) is 0.154. The van der Waals surface area contributed by atoms with Gasteiger partial charge < -0.3 is 10.6 Å². The van der Waals surface area contributed by atoms with Crippen molar-refractivity contribution in [1.29, 1.82) is 0 Å². The lowest BCUT2D eigenvalue weighted by Crippen LogP contribution is -2.15. The monoisotopic (exact) mass is 260 g/mol. The molecule has 0 fully saturated rings. The molecule has 5 nitrogen and oxygen atoms in total. The topological polar surface area (TPSA) is 66.9 Å². The maximum Gasteiger partial charge on any atom is 0.275 e. The van der Waals surface area contributed by atoms with Crippen molar-refractivity contribution < 1.29 is 9.18 Å². The van der Waals surface area contributed by atoms with Crippen molar-refractivity contribution >= 4 is 17.4 Å². The highest BCUT2D eigenvalue weighted by Gasteiger charge is 2.11. The third-order valence-electron chi connectivity index (χ3n) is 2.51. The van der Waals surface area contributed by atoms with E-state index < -0.39 is 11.7 Å². The van der Waals surface area contributed by atoms with Crippen LogP contribution in [0, 0.1) is 12.7 Å². The first-order valence-corrected chi connectivity index (χ1v) is 5.67. The first kappa shape index (κ1) is 12.9. The predicted molar refractivity (Wildman–Crippen MR) is 70.7 cm³/mol. The molecule has 0 spiro atoms. The van der Waals surface area contributed by atoms with Crippen molar-refractivity contribution in [3.8, 4) is 0 Å². The van der Waals surface area contributed by atoms with Crippen LogP contribution in [-0.2, 0) is 0 Å². The van der Waals surface area contributed by atoms with Crippen LogP contribution in [0.1, 0.15) is 16.1 Å². The van der Waals surface area contributed by atoms with E-state index in [1.54, 1.807) is 20.0 Å². The summed E-state index contributed by atoms with van der Waals surface area (Å²) in [6, 6.07) is 4.58. The number of rotatable bonds is 3. The fourth-order valence-electron chi connectivity index (χ4n) is 1.48. The summed E-state index contributed by atoms with van der Waals surface area (Å²) in [5, 5.41) is 5.25. The van der Waals surface area contributed by atoms with E-state index >= 15 is 0 Å². The molecule has 2 N–H and O–H groups in total. The van der Waals surface area contributed by atoms with Crippen LogP contribution >= 0.6 is 0 Å². The van der Waals surface area contributed by atoms with Crippen molar-refractivity contribution in [2.24, 2.45) is 0 Å². The van der Waals surface area contributed by atoms with Gasteiger partial charge in [-0.25, -0.2) is 14.4 Å². The minimum atomic E-state index is -0.502. The molecule has 0 aliphatic heterocycles. The van der Waals surface area contributed by atoms with Gasteiger partial charge in [0.25, 0.3) is 5.91 Å². The summed E-state index contributed by atoms with van der Waals surface area (Å²) in [6.45, 7) is 1.77. The summed E-state index contributed by atoms with van der Waals surface area (Å²) in [6.07, 6.45) is 2.76. The van der Waals surface area contributed by atoms with Crippen LogP contribution in [0.15, 0.2) is 30.6 Å². The van der Waals surface area contributed by atoms with Crippen molar-refractivity contribution in [1.82, 2.24) is 9.97 Å². The van der Waals surface area contributed by atoms with Gasteiger partial charge in [0, 0.05) is 7.05 Å². The molecule has 1 heterocycles. The Balaban J connectivity index is 2.15. The Labute approximate surface area is 109 Å². The lowest BCUT2D eigenvalue weighted by atomic mass is 10.2. The molecule has 0 aliphatic carbocycles. The molecule has 98 valence electrons. The molecule has 1 aromatic carbocycles. The molecule has 1 aromatic heterocycles. The summed E-state index contributed by atoms with van der Waals surface area (Å²) in [5.41, 5.74) is 1.03. The van der Waals surface area contributed by atoms with Crippen molar-refractivity contribution in [2.75, 3.05) is 17.7 Å². The predicted octanol–water partition coefficient (Wildman–Crippen LogP) is 2.22. The largest absolute Gasteiger partial charge is 0.372 e. The van der Waals surface area contributed by atoms with Gasteiger partial charge in [0.1, 0.15) is 17.3 Å². The van der Waals surface area contributed by atoms with Crippen LogP contribution in [0.3, 0.4) is 0 Å². The van der Waals surface area contributed by atoms with E-state index in [9.17, 15) is 9.18 Å². The Bertz CT molecular complexity index is 598. The Kier molecular flexibility index (Phi) is 3.70. The average Bonchev–Trinajstić information content (AvgIpc) is 2.42. The van der Waals surface area contributed by atoms with Gasteiger partial charge in [0.15, 0.2) is 0 Å². The van der Waals surface area contributed by atoms with Crippen molar-refractivity contribution in [3.63, 3.8) is 0 Å².